The van der Waals surface area contributed by atoms with Crippen molar-refractivity contribution >= 4 is 23.0 Å². The van der Waals surface area contributed by atoms with Gasteiger partial charge in [-0.25, -0.2) is 0 Å². The first-order chi connectivity index (χ1) is 12.7. The van der Waals surface area contributed by atoms with Gasteiger partial charge in [0, 0.05) is 29.3 Å². The third kappa shape index (κ3) is 3.30. The number of rotatable bonds is 4. The van der Waals surface area contributed by atoms with Crippen molar-refractivity contribution in [3.63, 3.8) is 0 Å². The SMILES string of the molecule is Cc1ccccc1Nc1ccnc(C(=O)Nc2ccc3c(c2)OCO3)c1. The molecule has 130 valence electrons. The maximum absolute atomic E-state index is 12.5. The van der Waals surface area contributed by atoms with Gasteiger partial charge < -0.3 is 20.1 Å². The van der Waals surface area contributed by atoms with E-state index in [1.807, 2.05) is 37.3 Å². The van der Waals surface area contributed by atoms with Crippen molar-refractivity contribution in [2.24, 2.45) is 0 Å². The van der Waals surface area contributed by atoms with Gasteiger partial charge in [-0.2, -0.15) is 0 Å². The molecular formula is C20H17N3O3. The topological polar surface area (TPSA) is 72.5 Å². The molecule has 0 fully saturated rings. The number of hydrogen-bond acceptors (Lipinski definition) is 5. The molecule has 0 atom stereocenters. The molecule has 0 radical (unpaired) electrons. The average molecular weight is 347 g/mol. The number of carbonyl (C=O) groups excluding carboxylic acids is 1. The van der Waals surface area contributed by atoms with Gasteiger partial charge in [-0.15, -0.1) is 0 Å². The monoisotopic (exact) mass is 347 g/mol. The number of hydrogen-bond donors (Lipinski definition) is 2. The van der Waals surface area contributed by atoms with E-state index in [1.165, 1.54) is 0 Å². The van der Waals surface area contributed by atoms with E-state index in [4.69, 9.17) is 9.47 Å². The molecule has 0 bridgehead atoms. The summed E-state index contributed by atoms with van der Waals surface area (Å²) in [6.07, 6.45) is 1.61. The normalized spacial score (nSPS) is 11.9. The summed E-state index contributed by atoms with van der Waals surface area (Å²) in [5.41, 5.74) is 3.85. The molecule has 1 amide bonds. The fourth-order valence-electron chi connectivity index (χ4n) is 2.67. The predicted octanol–water partition coefficient (Wildman–Crippen LogP) is 4.11. The quantitative estimate of drug-likeness (QED) is 0.743. The minimum absolute atomic E-state index is 0.195. The van der Waals surface area contributed by atoms with Crippen LogP contribution < -0.4 is 20.1 Å². The summed E-state index contributed by atoms with van der Waals surface area (Å²) in [4.78, 5) is 16.7. The van der Waals surface area contributed by atoms with Crippen LogP contribution in [0.25, 0.3) is 0 Å². The van der Waals surface area contributed by atoms with Crippen molar-refractivity contribution in [2.45, 2.75) is 6.92 Å². The molecule has 2 N–H and O–H groups in total. The highest BCUT2D eigenvalue weighted by atomic mass is 16.7. The number of nitrogens with one attached hydrogen (secondary N) is 2. The largest absolute Gasteiger partial charge is 0.454 e. The van der Waals surface area contributed by atoms with E-state index >= 15 is 0 Å². The number of carbonyl (C=O) groups is 1. The number of nitrogens with zero attached hydrogens (tertiary/aromatic N) is 1. The van der Waals surface area contributed by atoms with Crippen LogP contribution in [-0.4, -0.2) is 17.7 Å². The van der Waals surface area contributed by atoms with E-state index in [2.05, 4.69) is 15.6 Å². The zero-order chi connectivity index (χ0) is 17.9. The minimum Gasteiger partial charge on any atom is -0.454 e. The number of ether oxygens (including phenoxy) is 2. The molecule has 26 heavy (non-hydrogen) atoms. The molecule has 0 aliphatic carbocycles. The Morgan fingerprint density at radius 2 is 1.85 bits per heavy atom. The molecule has 1 aromatic heterocycles. The lowest BCUT2D eigenvalue weighted by atomic mass is 10.2. The number of para-hydroxylation sites is 1. The number of aromatic nitrogens is 1. The molecule has 1 aliphatic rings. The van der Waals surface area contributed by atoms with Crippen LogP contribution in [0.15, 0.2) is 60.8 Å². The average Bonchev–Trinajstić information content (AvgIpc) is 3.12. The second kappa shape index (κ2) is 6.76. The molecule has 4 rings (SSSR count). The summed E-state index contributed by atoms with van der Waals surface area (Å²) in [7, 11) is 0. The Hall–Kier alpha value is -3.54. The van der Waals surface area contributed by atoms with Crippen LogP contribution in [0.4, 0.5) is 17.1 Å². The van der Waals surface area contributed by atoms with Crippen LogP contribution in [0, 0.1) is 6.92 Å². The minimum atomic E-state index is -0.294. The van der Waals surface area contributed by atoms with Gasteiger partial charge in [0.1, 0.15) is 5.69 Å². The van der Waals surface area contributed by atoms with E-state index in [0.29, 0.717) is 22.9 Å². The number of benzene rings is 2. The van der Waals surface area contributed by atoms with Gasteiger partial charge in [0.25, 0.3) is 5.91 Å². The van der Waals surface area contributed by atoms with Crippen LogP contribution in [0.2, 0.25) is 0 Å². The van der Waals surface area contributed by atoms with E-state index in [-0.39, 0.29) is 12.7 Å². The molecule has 3 aromatic rings. The first-order valence-corrected chi connectivity index (χ1v) is 8.19. The standard InChI is InChI=1S/C20H17N3O3/c1-13-4-2-3-5-16(13)22-15-8-9-21-17(10-15)20(24)23-14-6-7-18-19(11-14)26-12-25-18/h2-11H,12H2,1H3,(H,21,22)(H,23,24). The highest BCUT2D eigenvalue weighted by Crippen LogP contribution is 2.34. The number of aryl methyl sites for hydroxylation is 1. The summed E-state index contributed by atoms with van der Waals surface area (Å²) in [5, 5.41) is 6.13. The van der Waals surface area contributed by atoms with Crippen LogP contribution in [-0.2, 0) is 0 Å². The summed E-state index contributed by atoms with van der Waals surface area (Å²) >= 11 is 0. The maximum Gasteiger partial charge on any atom is 0.274 e. The lowest BCUT2D eigenvalue weighted by Gasteiger charge is -2.10. The van der Waals surface area contributed by atoms with Crippen molar-refractivity contribution in [2.75, 3.05) is 17.4 Å². The molecule has 2 heterocycles. The smallest absolute Gasteiger partial charge is 0.274 e. The molecular weight excluding hydrogens is 330 g/mol. The lowest BCUT2D eigenvalue weighted by molar-refractivity contribution is 0.102. The van der Waals surface area contributed by atoms with E-state index < -0.39 is 0 Å². The van der Waals surface area contributed by atoms with Gasteiger partial charge in [-0.1, -0.05) is 18.2 Å². The number of fused-ring (bicyclic) bond motifs is 1. The first-order valence-electron chi connectivity index (χ1n) is 8.19. The third-order valence-electron chi connectivity index (χ3n) is 4.05. The van der Waals surface area contributed by atoms with Crippen LogP contribution >= 0.6 is 0 Å². The predicted molar refractivity (Wildman–Crippen MR) is 99.2 cm³/mol. The van der Waals surface area contributed by atoms with E-state index in [9.17, 15) is 4.79 Å². The van der Waals surface area contributed by atoms with Gasteiger partial charge in [0.15, 0.2) is 11.5 Å². The van der Waals surface area contributed by atoms with Crippen LogP contribution in [0.1, 0.15) is 16.1 Å². The molecule has 0 spiro atoms. The Labute approximate surface area is 150 Å². The molecule has 0 unspecified atom stereocenters. The fraction of sp³-hybridized carbons (Fsp3) is 0.100. The molecule has 1 aliphatic heterocycles. The Morgan fingerprint density at radius 1 is 1.00 bits per heavy atom. The van der Waals surface area contributed by atoms with Gasteiger partial charge in [0.2, 0.25) is 6.79 Å². The zero-order valence-corrected chi connectivity index (χ0v) is 14.2. The van der Waals surface area contributed by atoms with Crippen molar-refractivity contribution in [1.82, 2.24) is 4.98 Å². The van der Waals surface area contributed by atoms with Crippen molar-refractivity contribution in [3.8, 4) is 11.5 Å². The lowest BCUT2D eigenvalue weighted by Crippen LogP contribution is -2.13. The molecule has 2 aromatic carbocycles. The molecule has 6 heteroatoms. The summed E-state index contributed by atoms with van der Waals surface area (Å²) < 4.78 is 10.6. The zero-order valence-electron chi connectivity index (χ0n) is 14.2. The summed E-state index contributed by atoms with van der Waals surface area (Å²) in [6.45, 7) is 2.22. The van der Waals surface area contributed by atoms with E-state index in [0.717, 1.165) is 16.9 Å². The van der Waals surface area contributed by atoms with Gasteiger partial charge >= 0.3 is 0 Å². The summed E-state index contributed by atoms with van der Waals surface area (Å²) in [5.74, 6) is 0.994. The molecule has 0 saturated heterocycles. The molecule has 0 saturated carbocycles. The van der Waals surface area contributed by atoms with Crippen LogP contribution in [0.3, 0.4) is 0 Å². The Morgan fingerprint density at radius 3 is 2.73 bits per heavy atom. The Kier molecular flexibility index (Phi) is 4.15. The van der Waals surface area contributed by atoms with Gasteiger partial charge in [-0.05, 0) is 42.8 Å². The fourth-order valence-corrected chi connectivity index (χ4v) is 2.67. The first kappa shape index (κ1) is 16.0. The van der Waals surface area contributed by atoms with Crippen molar-refractivity contribution in [3.05, 3.63) is 72.1 Å². The summed E-state index contributed by atoms with van der Waals surface area (Å²) in [6, 6.07) is 16.8. The highest BCUT2D eigenvalue weighted by molar-refractivity contribution is 6.03. The number of amides is 1. The van der Waals surface area contributed by atoms with Crippen molar-refractivity contribution in [1.29, 1.82) is 0 Å². The van der Waals surface area contributed by atoms with Gasteiger partial charge in [-0.3, -0.25) is 9.78 Å². The highest BCUT2D eigenvalue weighted by Gasteiger charge is 2.15. The third-order valence-corrected chi connectivity index (χ3v) is 4.05. The Balaban J connectivity index is 1.51. The number of pyridine rings is 1. The maximum atomic E-state index is 12.5. The van der Waals surface area contributed by atoms with Crippen LogP contribution in [0.5, 0.6) is 11.5 Å². The molecule has 6 nitrogen and oxygen atoms in total. The van der Waals surface area contributed by atoms with Crippen molar-refractivity contribution < 1.29 is 14.3 Å². The Bertz CT molecular complexity index is 972. The number of anilines is 3. The second-order valence-electron chi connectivity index (χ2n) is 5.89. The second-order valence-corrected chi connectivity index (χ2v) is 5.89. The van der Waals surface area contributed by atoms with E-state index in [1.54, 1.807) is 30.5 Å². The van der Waals surface area contributed by atoms with Gasteiger partial charge in [0.05, 0.1) is 0 Å².